The molecule has 1 heterocycles. The lowest BCUT2D eigenvalue weighted by Crippen LogP contribution is -2.25. The molecule has 5 heteroatoms. The third-order valence-electron chi connectivity index (χ3n) is 3.62. The van der Waals surface area contributed by atoms with Gasteiger partial charge in [-0.2, -0.15) is 0 Å². The lowest BCUT2D eigenvalue weighted by Gasteiger charge is -2.24. The van der Waals surface area contributed by atoms with Crippen LogP contribution in [0.25, 0.3) is 0 Å². The summed E-state index contributed by atoms with van der Waals surface area (Å²) in [4.78, 5) is 11.3. The van der Waals surface area contributed by atoms with Gasteiger partial charge < -0.3 is 9.67 Å². The van der Waals surface area contributed by atoms with E-state index in [4.69, 9.17) is 0 Å². The van der Waals surface area contributed by atoms with E-state index in [1.165, 1.54) is 0 Å². The second kappa shape index (κ2) is 3.98. The molecule has 0 radical (unpaired) electrons. The van der Waals surface area contributed by atoms with E-state index < -0.39 is 5.97 Å². The van der Waals surface area contributed by atoms with E-state index >= 15 is 0 Å². The largest absolute Gasteiger partial charge is 0.481 e. The lowest BCUT2D eigenvalue weighted by atomic mass is 9.82. The Kier molecular flexibility index (Phi) is 2.46. The average Bonchev–Trinajstić information content (AvgIpc) is 3.07. The van der Waals surface area contributed by atoms with E-state index in [0.717, 1.165) is 25.1 Å². The third-order valence-corrected chi connectivity index (χ3v) is 3.62. The topological polar surface area (TPSA) is 68.0 Å². The zero-order valence-corrected chi connectivity index (χ0v) is 9.49. The smallest absolute Gasteiger partial charge is 0.307 e. The van der Waals surface area contributed by atoms with Gasteiger partial charge in [-0.1, -0.05) is 12.2 Å². The SMILES string of the molecule is O=C(O)[C@H]1CC=CC[C@H]1c1nncn1C1CC1. The van der Waals surface area contributed by atoms with Gasteiger partial charge in [0.25, 0.3) is 0 Å². The van der Waals surface area contributed by atoms with Gasteiger partial charge in [0.15, 0.2) is 0 Å². The Morgan fingerprint density at radius 1 is 1.35 bits per heavy atom. The molecule has 2 aliphatic rings. The minimum absolute atomic E-state index is 0.0272. The molecule has 17 heavy (non-hydrogen) atoms. The highest BCUT2D eigenvalue weighted by molar-refractivity contribution is 5.71. The first-order chi connectivity index (χ1) is 8.27. The molecule has 1 aromatic rings. The summed E-state index contributed by atoms with van der Waals surface area (Å²) >= 11 is 0. The van der Waals surface area contributed by atoms with E-state index in [-0.39, 0.29) is 11.8 Å². The molecule has 0 aromatic carbocycles. The molecule has 0 unspecified atom stereocenters. The Bertz CT molecular complexity index is 462. The Morgan fingerprint density at radius 3 is 2.82 bits per heavy atom. The Balaban J connectivity index is 1.92. The molecule has 5 nitrogen and oxygen atoms in total. The fraction of sp³-hybridized carbons (Fsp3) is 0.583. The zero-order valence-electron chi connectivity index (χ0n) is 9.49. The van der Waals surface area contributed by atoms with Gasteiger partial charge >= 0.3 is 5.97 Å². The molecular weight excluding hydrogens is 218 g/mol. The first-order valence-electron chi connectivity index (χ1n) is 6.04. The summed E-state index contributed by atoms with van der Waals surface area (Å²) in [5.74, 6) is -0.267. The van der Waals surface area contributed by atoms with Crippen LogP contribution >= 0.6 is 0 Å². The number of aromatic nitrogens is 3. The summed E-state index contributed by atoms with van der Waals surface area (Å²) in [5, 5.41) is 17.4. The lowest BCUT2D eigenvalue weighted by molar-refractivity contribution is -0.142. The number of carbonyl (C=O) groups is 1. The molecule has 0 spiro atoms. The van der Waals surface area contributed by atoms with Crippen LogP contribution in [-0.2, 0) is 4.79 Å². The minimum atomic E-state index is -0.732. The maximum atomic E-state index is 11.3. The summed E-state index contributed by atoms with van der Waals surface area (Å²) in [5.41, 5.74) is 0. The Morgan fingerprint density at radius 2 is 2.12 bits per heavy atom. The second-order valence-corrected chi connectivity index (χ2v) is 4.82. The molecule has 2 aliphatic carbocycles. The molecular formula is C12H15N3O2. The average molecular weight is 233 g/mol. The summed E-state index contributed by atoms with van der Waals surface area (Å²) in [6.45, 7) is 0. The highest BCUT2D eigenvalue weighted by atomic mass is 16.4. The van der Waals surface area contributed by atoms with Gasteiger partial charge in [-0.25, -0.2) is 0 Å². The molecule has 1 aromatic heterocycles. The highest BCUT2D eigenvalue weighted by Crippen LogP contribution is 2.40. The van der Waals surface area contributed by atoms with Gasteiger partial charge in [0.1, 0.15) is 12.2 Å². The number of aliphatic carboxylic acids is 1. The number of carboxylic acids is 1. The Hall–Kier alpha value is -1.65. The van der Waals surface area contributed by atoms with Crippen LogP contribution in [0.1, 0.15) is 43.5 Å². The van der Waals surface area contributed by atoms with Gasteiger partial charge in [-0.15, -0.1) is 10.2 Å². The van der Waals surface area contributed by atoms with Crippen molar-refractivity contribution in [2.45, 2.75) is 37.6 Å². The molecule has 0 saturated heterocycles. The van der Waals surface area contributed by atoms with Crippen molar-refractivity contribution in [1.29, 1.82) is 0 Å². The van der Waals surface area contributed by atoms with Crippen LogP contribution in [-0.4, -0.2) is 25.8 Å². The first-order valence-corrected chi connectivity index (χ1v) is 6.04. The number of hydrogen-bond acceptors (Lipinski definition) is 3. The van der Waals surface area contributed by atoms with Gasteiger partial charge in [-0.3, -0.25) is 4.79 Å². The maximum Gasteiger partial charge on any atom is 0.307 e. The van der Waals surface area contributed by atoms with Gasteiger partial charge in [0, 0.05) is 12.0 Å². The predicted octanol–water partition coefficient (Wildman–Crippen LogP) is 1.75. The first kappa shape index (κ1) is 10.5. The monoisotopic (exact) mass is 233 g/mol. The standard InChI is InChI=1S/C12H15N3O2/c16-12(17)10-4-2-1-3-9(10)11-14-13-7-15(11)8-5-6-8/h1-2,7-10H,3-6H2,(H,16,17)/t9-,10+/m1/s1. The van der Waals surface area contributed by atoms with Crippen molar-refractivity contribution in [3.05, 3.63) is 24.3 Å². The molecule has 1 N–H and O–H groups in total. The summed E-state index contributed by atoms with van der Waals surface area (Å²) < 4.78 is 2.07. The van der Waals surface area contributed by atoms with Gasteiger partial charge in [-0.05, 0) is 25.7 Å². The predicted molar refractivity (Wildman–Crippen MR) is 60.5 cm³/mol. The van der Waals surface area contributed by atoms with Gasteiger partial charge in [0.05, 0.1) is 5.92 Å². The summed E-state index contributed by atoms with van der Waals surface area (Å²) in [7, 11) is 0. The van der Waals surface area contributed by atoms with Crippen LogP contribution in [0, 0.1) is 5.92 Å². The summed E-state index contributed by atoms with van der Waals surface area (Å²) in [6, 6.07) is 0.500. The van der Waals surface area contributed by atoms with Crippen LogP contribution in [0.2, 0.25) is 0 Å². The van der Waals surface area contributed by atoms with Crippen LogP contribution in [0.5, 0.6) is 0 Å². The van der Waals surface area contributed by atoms with E-state index in [2.05, 4.69) is 20.8 Å². The van der Waals surface area contributed by atoms with E-state index in [1.54, 1.807) is 6.33 Å². The highest BCUT2D eigenvalue weighted by Gasteiger charge is 2.36. The molecule has 0 amide bonds. The van der Waals surface area contributed by atoms with Crippen molar-refractivity contribution in [2.24, 2.45) is 5.92 Å². The maximum absolute atomic E-state index is 11.3. The molecule has 1 saturated carbocycles. The van der Waals surface area contributed by atoms with Crippen LogP contribution < -0.4 is 0 Å². The van der Waals surface area contributed by atoms with Gasteiger partial charge in [0.2, 0.25) is 0 Å². The minimum Gasteiger partial charge on any atom is -0.481 e. The van der Waals surface area contributed by atoms with Crippen molar-refractivity contribution in [1.82, 2.24) is 14.8 Å². The van der Waals surface area contributed by atoms with E-state index in [0.29, 0.717) is 12.5 Å². The summed E-state index contributed by atoms with van der Waals surface area (Å²) in [6.07, 6.45) is 9.41. The van der Waals surface area contributed by atoms with Crippen LogP contribution in [0.15, 0.2) is 18.5 Å². The number of carboxylic acid groups (broad SMARTS) is 1. The van der Waals surface area contributed by atoms with Crippen molar-refractivity contribution < 1.29 is 9.90 Å². The van der Waals surface area contributed by atoms with Crippen LogP contribution in [0.4, 0.5) is 0 Å². The van der Waals surface area contributed by atoms with Crippen LogP contribution in [0.3, 0.4) is 0 Å². The number of allylic oxidation sites excluding steroid dienone is 2. The van der Waals surface area contributed by atoms with E-state index in [1.807, 2.05) is 6.08 Å². The normalized spacial score (nSPS) is 28.2. The van der Waals surface area contributed by atoms with Crippen molar-refractivity contribution in [3.8, 4) is 0 Å². The molecule has 0 aliphatic heterocycles. The van der Waals surface area contributed by atoms with E-state index in [9.17, 15) is 9.90 Å². The third kappa shape index (κ3) is 1.85. The molecule has 1 fully saturated rings. The molecule has 0 bridgehead atoms. The molecule has 3 rings (SSSR count). The molecule has 90 valence electrons. The zero-order chi connectivity index (χ0) is 11.8. The fourth-order valence-electron chi connectivity index (χ4n) is 2.52. The number of hydrogen-bond donors (Lipinski definition) is 1. The van der Waals surface area contributed by atoms with Crippen molar-refractivity contribution >= 4 is 5.97 Å². The number of rotatable bonds is 3. The molecule has 2 atom stereocenters. The number of nitrogens with zero attached hydrogens (tertiary/aromatic N) is 3. The van der Waals surface area contributed by atoms with Crippen molar-refractivity contribution in [3.63, 3.8) is 0 Å². The Labute approximate surface area is 99.2 Å². The fourth-order valence-corrected chi connectivity index (χ4v) is 2.52. The second-order valence-electron chi connectivity index (χ2n) is 4.82. The quantitative estimate of drug-likeness (QED) is 0.807. The van der Waals surface area contributed by atoms with Crippen molar-refractivity contribution in [2.75, 3.05) is 0 Å².